The Morgan fingerprint density at radius 1 is 1.26 bits per heavy atom. The molecule has 2 N–H and O–H groups in total. The molecule has 1 aliphatic heterocycles. The van der Waals surface area contributed by atoms with E-state index < -0.39 is 0 Å². The molecule has 0 saturated carbocycles. The van der Waals surface area contributed by atoms with Crippen LogP contribution in [-0.2, 0) is 13.1 Å². The van der Waals surface area contributed by atoms with Crippen LogP contribution in [0, 0.1) is 5.92 Å². The Bertz CT molecular complexity index is 440. The normalized spacial score (nSPS) is 13.6. The number of benzene rings is 1. The summed E-state index contributed by atoms with van der Waals surface area (Å²) in [4.78, 5) is 12.0. The minimum absolute atomic E-state index is 0.0549. The lowest BCUT2D eigenvalue weighted by Crippen LogP contribution is -2.24. The van der Waals surface area contributed by atoms with Crippen molar-refractivity contribution in [2.75, 3.05) is 6.54 Å². The molecule has 0 saturated heterocycles. The molecular weight excluding hydrogens is 236 g/mol. The van der Waals surface area contributed by atoms with Crippen molar-refractivity contribution in [3.8, 4) is 0 Å². The molecule has 0 aromatic heterocycles. The largest absolute Gasteiger partial charge is 0.352 e. The van der Waals surface area contributed by atoms with Crippen LogP contribution in [0.25, 0.3) is 0 Å². The minimum atomic E-state index is 0.0549. The molecule has 0 radical (unpaired) electrons. The summed E-state index contributed by atoms with van der Waals surface area (Å²) in [5.74, 6) is 0.805. The van der Waals surface area contributed by atoms with E-state index in [1.54, 1.807) is 0 Å². The van der Waals surface area contributed by atoms with Crippen molar-refractivity contribution < 1.29 is 4.79 Å². The summed E-state index contributed by atoms with van der Waals surface area (Å²) in [6.07, 6.45) is 3.49. The first-order chi connectivity index (χ1) is 9.16. The van der Waals surface area contributed by atoms with Crippen molar-refractivity contribution >= 4 is 5.91 Å². The molecule has 3 nitrogen and oxygen atoms in total. The molecule has 0 fully saturated rings. The van der Waals surface area contributed by atoms with Gasteiger partial charge in [0.2, 0.25) is 0 Å². The van der Waals surface area contributed by atoms with Gasteiger partial charge >= 0.3 is 0 Å². The average Bonchev–Trinajstić information content (AvgIpc) is 2.84. The van der Waals surface area contributed by atoms with Crippen molar-refractivity contribution in [1.29, 1.82) is 0 Å². The highest BCUT2D eigenvalue weighted by molar-refractivity contribution is 5.94. The Morgan fingerprint density at radius 2 is 2.05 bits per heavy atom. The van der Waals surface area contributed by atoms with E-state index in [9.17, 15) is 4.79 Å². The molecule has 1 heterocycles. The molecule has 0 spiro atoms. The van der Waals surface area contributed by atoms with Gasteiger partial charge in [-0.05, 0) is 35.6 Å². The Morgan fingerprint density at radius 3 is 2.84 bits per heavy atom. The zero-order valence-electron chi connectivity index (χ0n) is 12.0. The number of rotatable bonds is 6. The number of unbranched alkanes of at least 4 members (excludes halogenated alkanes) is 1. The van der Waals surface area contributed by atoms with Gasteiger partial charge in [-0.25, -0.2) is 0 Å². The van der Waals surface area contributed by atoms with E-state index in [1.165, 1.54) is 24.0 Å². The first-order valence-corrected chi connectivity index (χ1v) is 7.27. The summed E-state index contributed by atoms with van der Waals surface area (Å²) in [5.41, 5.74) is 3.35. The number of hydrogen-bond donors (Lipinski definition) is 2. The predicted octanol–water partition coefficient (Wildman–Crippen LogP) is 2.85. The summed E-state index contributed by atoms with van der Waals surface area (Å²) in [5, 5.41) is 6.30. The van der Waals surface area contributed by atoms with Crippen LogP contribution >= 0.6 is 0 Å². The third kappa shape index (κ3) is 4.06. The van der Waals surface area contributed by atoms with E-state index in [-0.39, 0.29) is 5.91 Å². The molecular formula is C16H24N2O. The lowest BCUT2D eigenvalue weighted by molar-refractivity contribution is 0.0953. The average molecular weight is 260 g/mol. The Hall–Kier alpha value is -1.35. The molecule has 1 aromatic carbocycles. The van der Waals surface area contributed by atoms with Gasteiger partial charge in [-0.3, -0.25) is 4.79 Å². The lowest BCUT2D eigenvalue weighted by Gasteiger charge is -2.07. The van der Waals surface area contributed by atoms with E-state index in [0.29, 0.717) is 0 Å². The number of nitrogens with one attached hydrogen (secondary N) is 2. The third-order valence-corrected chi connectivity index (χ3v) is 3.59. The highest BCUT2D eigenvalue weighted by Gasteiger charge is 2.12. The molecule has 3 heteroatoms. The lowest BCUT2D eigenvalue weighted by atomic mass is 10.1. The fourth-order valence-electron chi connectivity index (χ4n) is 2.42. The maximum Gasteiger partial charge on any atom is 0.251 e. The minimum Gasteiger partial charge on any atom is -0.352 e. The smallest absolute Gasteiger partial charge is 0.251 e. The zero-order chi connectivity index (χ0) is 13.7. The van der Waals surface area contributed by atoms with E-state index in [2.05, 4.69) is 30.5 Å². The van der Waals surface area contributed by atoms with Crippen LogP contribution in [0.2, 0.25) is 0 Å². The van der Waals surface area contributed by atoms with Gasteiger partial charge in [0.1, 0.15) is 0 Å². The van der Waals surface area contributed by atoms with Gasteiger partial charge in [0.15, 0.2) is 0 Å². The van der Waals surface area contributed by atoms with Crippen LogP contribution < -0.4 is 10.6 Å². The molecule has 2 rings (SSSR count). The molecule has 104 valence electrons. The molecule has 1 amide bonds. The van der Waals surface area contributed by atoms with Crippen LogP contribution in [-0.4, -0.2) is 12.5 Å². The van der Waals surface area contributed by atoms with Crippen LogP contribution in [0.5, 0.6) is 0 Å². The molecule has 19 heavy (non-hydrogen) atoms. The molecule has 0 unspecified atom stereocenters. The van der Waals surface area contributed by atoms with Crippen molar-refractivity contribution in [1.82, 2.24) is 10.6 Å². The molecule has 0 aliphatic carbocycles. The highest BCUT2D eigenvalue weighted by atomic mass is 16.1. The number of carbonyl (C=O) groups is 1. The zero-order valence-corrected chi connectivity index (χ0v) is 12.0. The maximum atomic E-state index is 12.0. The summed E-state index contributed by atoms with van der Waals surface area (Å²) in [6.45, 7) is 7.05. The van der Waals surface area contributed by atoms with Gasteiger partial charge in [0.25, 0.3) is 5.91 Å². The van der Waals surface area contributed by atoms with E-state index in [0.717, 1.165) is 37.5 Å². The van der Waals surface area contributed by atoms with Crippen molar-refractivity contribution in [3.05, 3.63) is 34.9 Å². The summed E-state index contributed by atoms with van der Waals surface area (Å²) in [6, 6.07) is 6.00. The monoisotopic (exact) mass is 260 g/mol. The molecule has 0 bridgehead atoms. The van der Waals surface area contributed by atoms with Gasteiger partial charge in [0.05, 0.1) is 0 Å². The van der Waals surface area contributed by atoms with Gasteiger partial charge in [0, 0.05) is 25.2 Å². The standard InChI is InChI=1S/C16H24N2O/c1-12(2)5-3-4-8-18-16(19)13-6-7-14-10-17-11-15(14)9-13/h6-7,9,12,17H,3-5,8,10-11H2,1-2H3,(H,18,19). The van der Waals surface area contributed by atoms with Crippen molar-refractivity contribution in [3.63, 3.8) is 0 Å². The van der Waals surface area contributed by atoms with Crippen molar-refractivity contribution in [2.45, 2.75) is 46.2 Å². The van der Waals surface area contributed by atoms with E-state index in [1.807, 2.05) is 12.1 Å². The Labute approximate surface area is 115 Å². The predicted molar refractivity (Wildman–Crippen MR) is 78.0 cm³/mol. The topological polar surface area (TPSA) is 41.1 Å². The molecule has 1 aromatic rings. The number of carbonyl (C=O) groups excluding carboxylic acids is 1. The Balaban J connectivity index is 1.77. The van der Waals surface area contributed by atoms with E-state index in [4.69, 9.17) is 0 Å². The van der Waals surface area contributed by atoms with Crippen LogP contribution in [0.1, 0.15) is 54.6 Å². The highest BCUT2D eigenvalue weighted by Crippen LogP contribution is 2.17. The second-order valence-electron chi connectivity index (χ2n) is 5.73. The fourth-order valence-corrected chi connectivity index (χ4v) is 2.42. The van der Waals surface area contributed by atoms with Crippen LogP contribution in [0.4, 0.5) is 0 Å². The molecule has 1 aliphatic rings. The van der Waals surface area contributed by atoms with Crippen molar-refractivity contribution in [2.24, 2.45) is 5.92 Å². The first kappa shape index (κ1) is 14.1. The Kier molecular flexibility index (Phi) is 4.97. The summed E-state index contributed by atoms with van der Waals surface area (Å²) >= 11 is 0. The third-order valence-electron chi connectivity index (χ3n) is 3.59. The second-order valence-corrected chi connectivity index (χ2v) is 5.73. The SMILES string of the molecule is CC(C)CCCCNC(=O)c1ccc2c(c1)CNC2. The quantitative estimate of drug-likeness (QED) is 0.772. The summed E-state index contributed by atoms with van der Waals surface area (Å²) < 4.78 is 0. The number of hydrogen-bond acceptors (Lipinski definition) is 2. The first-order valence-electron chi connectivity index (χ1n) is 7.27. The van der Waals surface area contributed by atoms with Gasteiger partial charge in [-0.1, -0.05) is 32.8 Å². The number of fused-ring (bicyclic) bond motifs is 1. The maximum absolute atomic E-state index is 12.0. The van der Waals surface area contributed by atoms with Crippen LogP contribution in [0.3, 0.4) is 0 Å². The van der Waals surface area contributed by atoms with Gasteiger partial charge in [-0.15, -0.1) is 0 Å². The van der Waals surface area contributed by atoms with Gasteiger partial charge < -0.3 is 10.6 Å². The summed E-state index contributed by atoms with van der Waals surface area (Å²) in [7, 11) is 0. The second kappa shape index (κ2) is 6.71. The van der Waals surface area contributed by atoms with E-state index >= 15 is 0 Å². The van der Waals surface area contributed by atoms with Gasteiger partial charge in [-0.2, -0.15) is 0 Å². The fraction of sp³-hybridized carbons (Fsp3) is 0.562. The number of amides is 1. The molecule has 0 atom stereocenters. The van der Waals surface area contributed by atoms with Crippen LogP contribution in [0.15, 0.2) is 18.2 Å².